The lowest BCUT2D eigenvalue weighted by atomic mass is 9.97. The second kappa shape index (κ2) is 13.3. The molecule has 9 nitrogen and oxygen atoms in total. The van der Waals surface area contributed by atoms with Gasteiger partial charge in [0.05, 0.1) is 24.7 Å². The molecule has 0 N–H and O–H groups in total. The van der Waals surface area contributed by atoms with Crippen LogP contribution in [0.25, 0.3) is 0 Å². The molecule has 3 aliphatic heterocycles. The van der Waals surface area contributed by atoms with Crippen LogP contribution in [0.15, 0.2) is 17.0 Å². The number of methoxy groups -OCH3 is 1. The van der Waals surface area contributed by atoms with E-state index in [2.05, 4.69) is 16.8 Å². The largest absolute Gasteiger partial charge is 0.497 e. The van der Waals surface area contributed by atoms with E-state index in [1.807, 2.05) is 4.90 Å². The summed E-state index contributed by atoms with van der Waals surface area (Å²) in [6.45, 7) is 11.0. The van der Waals surface area contributed by atoms with Crippen LogP contribution < -0.4 is 4.74 Å². The molecule has 38 heavy (non-hydrogen) atoms. The van der Waals surface area contributed by atoms with E-state index in [1.165, 1.54) is 19.4 Å². The highest BCUT2D eigenvalue weighted by Crippen LogP contribution is 2.31. The Kier molecular flexibility index (Phi) is 10.4. The van der Waals surface area contributed by atoms with Crippen molar-refractivity contribution in [3.63, 3.8) is 0 Å². The van der Waals surface area contributed by atoms with Gasteiger partial charge in [0.25, 0.3) is 0 Å². The van der Waals surface area contributed by atoms with Crippen LogP contribution in [-0.4, -0.2) is 131 Å². The first kappa shape index (κ1) is 29.6. The maximum atomic E-state index is 13.7. The van der Waals surface area contributed by atoms with Crippen molar-refractivity contribution in [3.8, 4) is 5.75 Å². The number of aryl methyl sites for hydroxylation is 2. The van der Waals surface area contributed by atoms with E-state index in [9.17, 15) is 13.2 Å². The van der Waals surface area contributed by atoms with Crippen molar-refractivity contribution in [2.75, 3.05) is 91.2 Å². The van der Waals surface area contributed by atoms with E-state index in [0.29, 0.717) is 34.1 Å². The molecule has 0 aromatic heterocycles. The summed E-state index contributed by atoms with van der Waals surface area (Å²) in [7, 11) is 0.0674. The number of amides is 1. The highest BCUT2D eigenvalue weighted by molar-refractivity contribution is 7.99. The van der Waals surface area contributed by atoms with Crippen LogP contribution in [-0.2, 0) is 19.6 Å². The average Bonchev–Trinajstić information content (AvgIpc) is 2.88. The molecule has 4 rings (SSSR count). The van der Waals surface area contributed by atoms with Gasteiger partial charge in [0, 0.05) is 57.3 Å². The molecule has 11 heteroatoms. The van der Waals surface area contributed by atoms with Gasteiger partial charge in [0.2, 0.25) is 15.9 Å². The number of carbonyl (C=O) groups excluding carboxylic acids is 1. The third-order valence-corrected chi connectivity index (χ3v) is 11.3. The molecule has 3 aliphatic rings. The fourth-order valence-corrected chi connectivity index (χ4v) is 9.26. The minimum Gasteiger partial charge on any atom is -0.497 e. The Morgan fingerprint density at radius 2 is 1.79 bits per heavy atom. The molecule has 0 radical (unpaired) electrons. The lowest BCUT2D eigenvalue weighted by Gasteiger charge is -2.38. The summed E-state index contributed by atoms with van der Waals surface area (Å²) in [5.41, 5.74) is 1.34. The zero-order valence-corrected chi connectivity index (χ0v) is 25.0. The Bertz CT molecular complexity index is 1040. The second-order valence-corrected chi connectivity index (χ2v) is 13.9. The number of carbonyl (C=O) groups is 1. The first-order valence-corrected chi connectivity index (χ1v) is 16.3. The summed E-state index contributed by atoms with van der Waals surface area (Å²) in [5.74, 6) is 2.74. The maximum Gasteiger partial charge on any atom is 0.248 e. The lowest BCUT2D eigenvalue weighted by Crippen LogP contribution is -2.52. The predicted octanol–water partition coefficient (Wildman–Crippen LogP) is 1.92. The predicted molar refractivity (Wildman–Crippen MR) is 152 cm³/mol. The smallest absolute Gasteiger partial charge is 0.248 e. The SMILES string of the molecule is COc1cc(C)c(S(=O)(=O)N2CCSCC2COCC(=O)N2CCN(CC3CCCN(C)C3)CC2)c(C)c1. The van der Waals surface area contributed by atoms with Crippen LogP contribution in [0.1, 0.15) is 24.0 Å². The highest BCUT2D eigenvalue weighted by Gasteiger charge is 2.36. The number of hydrogen-bond acceptors (Lipinski definition) is 8. The number of piperazine rings is 1. The fourth-order valence-electron chi connectivity index (χ4n) is 5.98. The quantitative estimate of drug-likeness (QED) is 0.447. The lowest BCUT2D eigenvalue weighted by molar-refractivity contribution is -0.138. The van der Waals surface area contributed by atoms with Crippen LogP contribution in [0.4, 0.5) is 0 Å². The van der Waals surface area contributed by atoms with Gasteiger partial charge in [-0.3, -0.25) is 9.69 Å². The van der Waals surface area contributed by atoms with Crippen molar-refractivity contribution in [1.29, 1.82) is 0 Å². The van der Waals surface area contributed by atoms with Crippen LogP contribution in [0.5, 0.6) is 5.75 Å². The number of piperidine rings is 1. The van der Waals surface area contributed by atoms with Crippen molar-refractivity contribution >= 4 is 27.7 Å². The van der Waals surface area contributed by atoms with E-state index < -0.39 is 10.0 Å². The third-order valence-electron chi connectivity index (χ3n) is 7.91. The minimum absolute atomic E-state index is 0.0108. The van der Waals surface area contributed by atoms with Gasteiger partial charge in [-0.2, -0.15) is 16.1 Å². The van der Waals surface area contributed by atoms with E-state index in [0.717, 1.165) is 50.9 Å². The monoisotopic (exact) mass is 568 g/mol. The third kappa shape index (κ3) is 7.22. The molecular formula is C27H44N4O5S2. The second-order valence-electron chi connectivity index (χ2n) is 10.9. The van der Waals surface area contributed by atoms with E-state index in [-0.39, 0.29) is 25.2 Å². The van der Waals surface area contributed by atoms with E-state index in [4.69, 9.17) is 9.47 Å². The number of sulfonamides is 1. The standard InChI is InChI=1S/C27H44N4O5S2/c1-21-14-25(35-4)15-22(2)27(21)38(33,34)31-12-13-37-20-24(31)18-36-19-26(32)30-10-8-29(9-11-30)17-23-6-5-7-28(3)16-23/h14-15,23-24H,5-13,16-20H2,1-4H3. The van der Waals surface area contributed by atoms with Crippen LogP contribution in [0.3, 0.4) is 0 Å². The number of thioether (sulfide) groups is 1. The molecule has 2 atom stereocenters. The Labute approximate surface area is 232 Å². The Hall–Kier alpha value is -1.37. The molecule has 0 spiro atoms. The van der Waals surface area contributed by atoms with Gasteiger partial charge in [-0.15, -0.1) is 0 Å². The summed E-state index contributed by atoms with van der Waals surface area (Å²) < 4.78 is 40.2. The van der Waals surface area contributed by atoms with Crippen LogP contribution in [0, 0.1) is 19.8 Å². The number of likely N-dealkylation sites (tertiary alicyclic amines) is 1. The summed E-state index contributed by atoms with van der Waals surface area (Å²) >= 11 is 1.72. The zero-order valence-electron chi connectivity index (χ0n) is 23.4. The highest BCUT2D eigenvalue weighted by atomic mass is 32.2. The van der Waals surface area contributed by atoms with Crippen molar-refractivity contribution in [1.82, 2.24) is 19.0 Å². The zero-order chi connectivity index (χ0) is 27.3. The molecule has 0 aliphatic carbocycles. The molecule has 2 unspecified atom stereocenters. The van der Waals surface area contributed by atoms with Crippen molar-refractivity contribution in [3.05, 3.63) is 23.3 Å². The molecule has 1 amide bonds. The fraction of sp³-hybridized carbons (Fsp3) is 0.741. The van der Waals surface area contributed by atoms with Crippen LogP contribution >= 0.6 is 11.8 Å². The summed E-state index contributed by atoms with van der Waals surface area (Å²) in [4.78, 5) is 20.0. The number of nitrogens with zero attached hydrogens (tertiary/aromatic N) is 4. The van der Waals surface area contributed by atoms with Crippen molar-refractivity contribution in [2.45, 2.75) is 37.6 Å². The van der Waals surface area contributed by atoms with Crippen molar-refractivity contribution < 1.29 is 22.7 Å². The number of ether oxygens (including phenoxy) is 2. The van der Waals surface area contributed by atoms with Gasteiger partial charge in [-0.05, 0) is 69.5 Å². The van der Waals surface area contributed by atoms with Crippen LogP contribution in [0.2, 0.25) is 0 Å². The van der Waals surface area contributed by atoms with Gasteiger partial charge in [-0.25, -0.2) is 8.42 Å². The Balaban J connectivity index is 1.27. The Morgan fingerprint density at radius 3 is 2.45 bits per heavy atom. The molecule has 1 aromatic carbocycles. The number of rotatable bonds is 9. The Morgan fingerprint density at radius 1 is 1.08 bits per heavy atom. The van der Waals surface area contributed by atoms with E-state index in [1.54, 1.807) is 49.2 Å². The van der Waals surface area contributed by atoms with E-state index >= 15 is 0 Å². The van der Waals surface area contributed by atoms with Gasteiger partial charge in [0.15, 0.2) is 0 Å². The van der Waals surface area contributed by atoms with Gasteiger partial charge < -0.3 is 19.3 Å². The molecular weight excluding hydrogens is 524 g/mol. The molecule has 0 saturated carbocycles. The number of benzene rings is 1. The summed E-state index contributed by atoms with van der Waals surface area (Å²) in [6, 6.07) is 3.21. The normalized spacial score (nSPS) is 24.5. The topological polar surface area (TPSA) is 82.6 Å². The maximum absolute atomic E-state index is 13.7. The molecule has 0 bridgehead atoms. The van der Waals surface area contributed by atoms with Gasteiger partial charge in [0.1, 0.15) is 12.4 Å². The molecule has 1 aromatic rings. The minimum atomic E-state index is -3.71. The first-order valence-electron chi connectivity index (χ1n) is 13.7. The van der Waals surface area contributed by atoms with Gasteiger partial charge in [-0.1, -0.05) is 0 Å². The molecule has 214 valence electrons. The summed E-state index contributed by atoms with van der Waals surface area (Å²) in [5, 5.41) is 0. The molecule has 3 saturated heterocycles. The average molecular weight is 569 g/mol. The summed E-state index contributed by atoms with van der Waals surface area (Å²) in [6.07, 6.45) is 2.57. The molecule has 3 fully saturated rings. The number of hydrogen-bond donors (Lipinski definition) is 0. The van der Waals surface area contributed by atoms with Crippen molar-refractivity contribution in [2.24, 2.45) is 5.92 Å². The molecule has 3 heterocycles. The first-order chi connectivity index (χ1) is 18.2. The van der Waals surface area contributed by atoms with Gasteiger partial charge >= 0.3 is 0 Å².